The van der Waals surface area contributed by atoms with Gasteiger partial charge in [0.2, 0.25) is 0 Å². The normalized spacial score (nSPS) is 13.0. The highest BCUT2D eigenvalue weighted by atomic mass is 32.1. The van der Waals surface area contributed by atoms with Crippen LogP contribution in [0.25, 0.3) is 10.6 Å². The molecule has 0 aliphatic heterocycles. The predicted octanol–water partition coefficient (Wildman–Crippen LogP) is 5.90. The standard InChI is InChI=1S/C25H26FNO3S/c1-29-24(28)8-4-5-17-9-12-20(13-10-17)30-16-18-15-19(26)11-14-21(18)25-27-22-6-2-3-7-23(22)31-25/h9-15H,2-8,16H2,1H3. The lowest BCUT2D eigenvalue weighted by molar-refractivity contribution is -0.140. The largest absolute Gasteiger partial charge is 0.489 e. The molecule has 0 spiro atoms. The van der Waals surface area contributed by atoms with Crippen molar-refractivity contribution in [3.63, 3.8) is 0 Å². The third-order valence-corrected chi connectivity index (χ3v) is 6.73. The summed E-state index contributed by atoms with van der Waals surface area (Å²) in [6.45, 7) is 0.277. The molecule has 1 aliphatic rings. The third kappa shape index (κ3) is 5.50. The maximum absolute atomic E-state index is 14.0. The molecular formula is C25H26FNO3S. The van der Waals surface area contributed by atoms with Gasteiger partial charge in [-0.2, -0.15) is 0 Å². The summed E-state index contributed by atoms with van der Waals surface area (Å²) in [6, 6.07) is 12.6. The van der Waals surface area contributed by atoms with Gasteiger partial charge in [0.15, 0.2) is 0 Å². The van der Waals surface area contributed by atoms with Crippen molar-refractivity contribution in [3.8, 4) is 16.3 Å². The number of fused-ring (bicyclic) bond motifs is 1. The third-order valence-electron chi connectivity index (χ3n) is 5.54. The van der Waals surface area contributed by atoms with Crippen molar-refractivity contribution in [2.45, 2.75) is 51.6 Å². The first kappa shape index (κ1) is 21.5. The number of thiazole rings is 1. The quantitative estimate of drug-likeness (QED) is 0.410. The van der Waals surface area contributed by atoms with Gasteiger partial charge in [-0.3, -0.25) is 4.79 Å². The fourth-order valence-corrected chi connectivity index (χ4v) is 5.02. The van der Waals surface area contributed by atoms with Gasteiger partial charge in [-0.1, -0.05) is 12.1 Å². The van der Waals surface area contributed by atoms with Gasteiger partial charge in [0.05, 0.1) is 12.8 Å². The number of ether oxygens (including phenoxy) is 2. The Morgan fingerprint density at radius 3 is 2.71 bits per heavy atom. The van der Waals surface area contributed by atoms with E-state index >= 15 is 0 Å². The summed E-state index contributed by atoms with van der Waals surface area (Å²) in [5.41, 5.74) is 4.08. The van der Waals surface area contributed by atoms with Gasteiger partial charge >= 0.3 is 5.97 Å². The average Bonchev–Trinajstić information content (AvgIpc) is 3.22. The summed E-state index contributed by atoms with van der Waals surface area (Å²) >= 11 is 1.72. The number of esters is 1. The van der Waals surface area contributed by atoms with E-state index in [9.17, 15) is 9.18 Å². The summed E-state index contributed by atoms with van der Waals surface area (Å²) in [6.07, 6.45) is 6.49. The Morgan fingerprint density at radius 1 is 1.13 bits per heavy atom. The molecule has 0 atom stereocenters. The molecule has 6 heteroatoms. The maximum atomic E-state index is 14.0. The number of hydrogen-bond donors (Lipinski definition) is 0. The lowest BCUT2D eigenvalue weighted by Gasteiger charge is -2.11. The van der Waals surface area contributed by atoms with Crippen LogP contribution in [-0.4, -0.2) is 18.1 Å². The Kier molecular flexibility index (Phi) is 6.97. The zero-order chi connectivity index (χ0) is 21.6. The molecule has 0 radical (unpaired) electrons. The fraction of sp³-hybridized carbons (Fsp3) is 0.360. The smallest absolute Gasteiger partial charge is 0.305 e. The molecule has 0 saturated carbocycles. The van der Waals surface area contributed by atoms with Crippen molar-refractivity contribution < 1.29 is 18.7 Å². The molecule has 4 rings (SSSR count). The van der Waals surface area contributed by atoms with E-state index in [0.29, 0.717) is 6.42 Å². The van der Waals surface area contributed by atoms with Crippen molar-refractivity contribution >= 4 is 17.3 Å². The van der Waals surface area contributed by atoms with Crippen LogP contribution in [0, 0.1) is 5.82 Å². The van der Waals surface area contributed by atoms with E-state index in [0.717, 1.165) is 53.1 Å². The fourth-order valence-electron chi connectivity index (χ4n) is 3.81. The monoisotopic (exact) mass is 439 g/mol. The van der Waals surface area contributed by atoms with Gasteiger partial charge < -0.3 is 9.47 Å². The van der Waals surface area contributed by atoms with Gasteiger partial charge in [0.1, 0.15) is 23.2 Å². The first-order chi connectivity index (χ1) is 15.1. The second kappa shape index (κ2) is 10.1. The van der Waals surface area contributed by atoms with Gasteiger partial charge in [-0.15, -0.1) is 11.3 Å². The molecule has 0 N–H and O–H groups in total. The summed E-state index contributed by atoms with van der Waals surface area (Å²) in [5, 5.41) is 0.950. The Labute approximate surface area is 186 Å². The molecule has 1 aliphatic carbocycles. The summed E-state index contributed by atoms with van der Waals surface area (Å²) in [5.74, 6) is 0.266. The summed E-state index contributed by atoms with van der Waals surface area (Å²) < 4.78 is 24.6. The number of benzene rings is 2. The van der Waals surface area contributed by atoms with Crippen LogP contribution in [0.5, 0.6) is 5.75 Å². The molecule has 0 amide bonds. The molecule has 0 bridgehead atoms. The molecule has 1 heterocycles. The molecule has 4 nitrogen and oxygen atoms in total. The number of aryl methyl sites for hydroxylation is 3. The van der Waals surface area contributed by atoms with E-state index < -0.39 is 0 Å². The van der Waals surface area contributed by atoms with Gasteiger partial charge in [-0.25, -0.2) is 9.37 Å². The zero-order valence-electron chi connectivity index (χ0n) is 17.7. The van der Waals surface area contributed by atoms with Crippen LogP contribution < -0.4 is 4.74 Å². The number of hydrogen-bond acceptors (Lipinski definition) is 5. The molecule has 0 saturated heterocycles. The Balaban J connectivity index is 1.42. The van der Waals surface area contributed by atoms with E-state index in [1.54, 1.807) is 11.3 Å². The highest BCUT2D eigenvalue weighted by molar-refractivity contribution is 7.15. The van der Waals surface area contributed by atoms with E-state index in [1.807, 2.05) is 30.3 Å². The molecule has 3 aromatic rings. The minimum atomic E-state index is -0.273. The predicted molar refractivity (Wildman–Crippen MR) is 120 cm³/mol. The van der Waals surface area contributed by atoms with Crippen LogP contribution in [0.2, 0.25) is 0 Å². The number of rotatable bonds is 8. The molecule has 31 heavy (non-hydrogen) atoms. The minimum Gasteiger partial charge on any atom is -0.489 e. The number of methoxy groups -OCH3 is 1. The number of carbonyl (C=O) groups is 1. The van der Waals surface area contributed by atoms with Gasteiger partial charge in [0, 0.05) is 22.4 Å². The van der Waals surface area contributed by atoms with Crippen LogP contribution in [0.4, 0.5) is 4.39 Å². The molecular weight excluding hydrogens is 413 g/mol. The Morgan fingerprint density at radius 2 is 1.94 bits per heavy atom. The summed E-state index contributed by atoms with van der Waals surface area (Å²) in [4.78, 5) is 17.4. The average molecular weight is 440 g/mol. The first-order valence-corrected chi connectivity index (χ1v) is 11.5. The van der Waals surface area contributed by atoms with Crippen molar-refractivity contribution in [1.29, 1.82) is 0 Å². The first-order valence-electron chi connectivity index (χ1n) is 10.7. The van der Waals surface area contributed by atoms with E-state index in [-0.39, 0.29) is 18.4 Å². The van der Waals surface area contributed by atoms with Crippen molar-refractivity contribution in [2.75, 3.05) is 7.11 Å². The number of carbonyl (C=O) groups excluding carboxylic acids is 1. The lowest BCUT2D eigenvalue weighted by Crippen LogP contribution is -2.01. The second-order valence-corrected chi connectivity index (χ2v) is 8.84. The van der Waals surface area contributed by atoms with E-state index in [1.165, 1.54) is 42.7 Å². The number of halogens is 1. The van der Waals surface area contributed by atoms with E-state index in [4.69, 9.17) is 9.72 Å². The molecule has 2 aromatic carbocycles. The highest BCUT2D eigenvalue weighted by Crippen LogP contribution is 2.35. The van der Waals surface area contributed by atoms with Gasteiger partial charge in [0.25, 0.3) is 0 Å². The molecule has 0 unspecified atom stereocenters. The van der Waals surface area contributed by atoms with Crippen LogP contribution in [0.3, 0.4) is 0 Å². The van der Waals surface area contributed by atoms with Crippen LogP contribution in [0.1, 0.15) is 47.4 Å². The molecule has 1 aromatic heterocycles. The summed E-state index contributed by atoms with van der Waals surface area (Å²) in [7, 11) is 1.40. The van der Waals surface area contributed by atoms with Crippen molar-refractivity contribution in [1.82, 2.24) is 4.98 Å². The van der Waals surface area contributed by atoms with Crippen molar-refractivity contribution in [3.05, 3.63) is 70.0 Å². The topological polar surface area (TPSA) is 48.4 Å². The number of aromatic nitrogens is 1. The van der Waals surface area contributed by atoms with E-state index in [2.05, 4.69) is 4.74 Å². The maximum Gasteiger partial charge on any atom is 0.305 e. The molecule has 0 fully saturated rings. The van der Waals surface area contributed by atoms with Crippen molar-refractivity contribution in [2.24, 2.45) is 0 Å². The highest BCUT2D eigenvalue weighted by Gasteiger charge is 2.18. The SMILES string of the molecule is COC(=O)CCCc1ccc(OCc2cc(F)ccc2-c2nc3c(s2)CCCC3)cc1. The second-order valence-electron chi connectivity index (χ2n) is 7.76. The minimum absolute atomic E-state index is 0.188. The Bertz CT molecular complexity index is 1020. The Hall–Kier alpha value is -2.73. The van der Waals surface area contributed by atoms with Crippen LogP contribution >= 0.6 is 11.3 Å². The van der Waals surface area contributed by atoms with Crippen LogP contribution in [-0.2, 0) is 35.4 Å². The lowest BCUT2D eigenvalue weighted by atomic mass is 10.0. The van der Waals surface area contributed by atoms with Crippen LogP contribution in [0.15, 0.2) is 42.5 Å². The van der Waals surface area contributed by atoms with Gasteiger partial charge in [-0.05, 0) is 74.4 Å². The zero-order valence-corrected chi connectivity index (χ0v) is 18.5. The molecule has 162 valence electrons. The number of nitrogens with zero attached hydrogens (tertiary/aromatic N) is 1.